The highest BCUT2D eigenvalue weighted by atomic mass is 32.1. The van der Waals surface area contributed by atoms with Gasteiger partial charge in [0.05, 0.1) is 27.9 Å². The Labute approximate surface area is 358 Å². The fraction of sp³-hybridized carbons (Fsp3) is 0.417. The van der Waals surface area contributed by atoms with Gasteiger partial charge in [-0.25, -0.2) is 9.78 Å². The average molecular weight is 840 g/mol. The van der Waals surface area contributed by atoms with Crippen molar-refractivity contribution in [2.75, 3.05) is 11.9 Å². The molecule has 0 spiro atoms. The molecule has 2 aliphatic heterocycles. The molecule has 5 heterocycles. The van der Waals surface area contributed by atoms with Crippen LogP contribution in [0.15, 0.2) is 71.5 Å². The van der Waals surface area contributed by atoms with Crippen molar-refractivity contribution in [2.24, 2.45) is 7.05 Å². The number of hydrogen-bond acceptors (Lipinski definition) is 8. The van der Waals surface area contributed by atoms with E-state index >= 15 is 0 Å². The van der Waals surface area contributed by atoms with Gasteiger partial charge in [0, 0.05) is 59.6 Å². The molecule has 12 nitrogen and oxygen atoms in total. The summed E-state index contributed by atoms with van der Waals surface area (Å²) in [5, 5.41) is 14.4. The summed E-state index contributed by atoms with van der Waals surface area (Å²) in [7, 11) is 1.74. The highest BCUT2D eigenvalue weighted by molar-refractivity contribution is 7.21. The molecule has 1 saturated carbocycles. The molecule has 0 radical (unpaired) electrons. The highest BCUT2D eigenvalue weighted by Crippen LogP contribution is 2.41. The van der Waals surface area contributed by atoms with Gasteiger partial charge in [0.15, 0.2) is 0 Å². The van der Waals surface area contributed by atoms with Crippen LogP contribution in [0.3, 0.4) is 0 Å². The van der Waals surface area contributed by atoms with Gasteiger partial charge in [0.1, 0.15) is 10.9 Å². The van der Waals surface area contributed by atoms with Gasteiger partial charge in [-0.1, -0.05) is 55.7 Å². The Balaban J connectivity index is 0.710. The van der Waals surface area contributed by atoms with Crippen molar-refractivity contribution in [2.45, 2.75) is 114 Å². The number of nitrogens with zero attached hydrogens (tertiary/aromatic N) is 3. The fourth-order valence-electron chi connectivity index (χ4n) is 9.77. The lowest BCUT2D eigenvalue weighted by molar-refractivity contribution is -0.135. The molecule has 13 heteroatoms. The van der Waals surface area contributed by atoms with E-state index in [1.54, 1.807) is 11.6 Å². The number of benzene rings is 3. The Morgan fingerprint density at radius 1 is 0.885 bits per heavy atom. The molecule has 3 aromatic carbocycles. The number of imide groups is 1. The summed E-state index contributed by atoms with van der Waals surface area (Å²) >= 11 is 1.52. The smallest absolute Gasteiger partial charge is 0.329 e. The average Bonchev–Trinajstić information content (AvgIpc) is 3.72. The Morgan fingerprint density at radius 2 is 1.67 bits per heavy atom. The van der Waals surface area contributed by atoms with Crippen LogP contribution >= 0.6 is 11.3 Å². The van der Waals surface area contributed by atoms with Crippen molar-refractivity contribution in [3.05, 3.63) is 93.2 Å². The van der Waals surface area contributed by atoms with Crippen molar-refractivity contribution in [1.29, 1.82) is 0 Å². The summed E-state index contributed by atoms with van der Waals surface area (Å²) in [5.74, 6) is -0.121. The summed E-state index contributed by atoms with van der Waals surface area (Å²) in [5.41, 5.74) is 7.56. The summed E-state index contributed by atoms with van der Waals surface area (Å²) < 4.78 is 4.24. The van der Waals surface area contributed by atoms with Gasteiger partial charge in [-0.15, -0.1) is 11.3 Å². The molecule has 316 valence electrons. The third-order valence-electron chi connectivity index (χ3n) is 13.0. The lowest BCUT2D eigenvalue weighted by Gasteiger charge is -2.29. The maximum atomic E-state index is 13.2. The van der Waals surface area contributed by atoms with Gasteiger partial charge in [0.2, 0.25) is 17.7 Å². The second-order valence-corrected chi connectivity index (χ2v) is 18.3. The molecule has 1 aliphatic carbocycles. The van der Waals surface area contributed by atoms with Gasteiger partial charge in [-0.2, -0.15) is 0 Å². The third kappa shape index (κ3) is 8.19. The van der Waals surface area contributed by atoms with E-state index in [1.165, 1.54) is 21.5 Å². The highest BCUT2D eigenvalue weighted by Gasteiger charge is 2.32. The largest absolute Gasteiger partial charge is 0.381 e. The lowest BCUT2D eigenvalue weighted by Crippen LogP contribution is -2.44. The number of nitrogens with one attached hydrogen (secondary N) is 4. The zero-order valence-corrected chi connectivity index (χ0v) is 35.7. The number of anilines is 1. The molecule has 1 saturated heterocycles. The van der Waals surface area contributed by atoms with Crippen LogP contribution < -0.4 is 27.0 Å². The van der Waals surface area contributed by atoms with Crippen molar-refractivity contribution in [3.63, 3.8) is 0 Å². The molecule has 3 aromatic heterocycles. The first-order chi connectivity index (χ1) is 29.6. The van der Waals surface area contributed by atoms with E-state index in [-0.39, 0.29) is 41.9 Å². The molecule has 9 rings (SSSR count). The third-order valence-corrected chi connectivity index (χ3v) is 14.2. The van der Waals surface area contributed by atoms with Crippen LogP contribution in [0.4, 0.5) is 5.69 Å². The normalized spacial score (nSPS) is 20.6. The fourth-order valence-corrected chi connectivity index (χ4v) is 10.9. The molecule has 2 atom stereocenters. The number of aryl methyl sites for hydroxylation is 2. The van der Waals surface area contributed by atoms with Crippen molar-refractivity contribution in [1.82, 2.24) is 30.1 Å². The summed E-state index contributed by atoms with van der Waals surface area (Å²) in [6.07, 6.45) is 10.9. The van der Waals surface area contributed by atoms with Gasteiger partial charge >= 0.3 is 5.69 Å². The van der Waals surface area contributed by atoms with Crippen LogP contribution in [0.25, 0.3) is 43.3 Å². The first-order valence-corrected chi connectivity index (χ1v) is 22.8. The molecule has 4 N–H and O–H groups in total. The van der Waals surface area contributed by atoms with E-state index in [0.29, 0.717) is 25.3 Å². The van der Waals surface area contributed by atoms with E-state index in [4.69, 9.17) is 4.98 Å². The van der Waals surface area contributed by atoms with Crippen LogP contribution in [0.2, 0.25) is 0 Å². The van der Waals surface area contributed by atoms with Crippen LogP contribution in [-0.2, 0) is 27.9 Å². The minimum Gasteiger partial charge on any atom is -0.381 e. The number of pyridine rings is 1. The number of piperidine rings is 1. The topological polar surface area (TPSA) is 156 Å². The quantitative estimate of drug-likeness (QED) is 0.0719. The standard InChI is InChI=1S/C48H53N7O5S/c1-28-27-49-43-42-34-21-22-35(52-36(34)23-25-39(42)61-45(43)47(59)50-28)31-15-13-29(14-16-31)30-17-19-33(20-18-30)51-40(56)12-7-5-3-4-6-9-32-10-8-11-37-44(32)54(2)48(60)55(37)38-24-26-41(57)53-46(38)58/h8,10-11,13-16,21-23,25,28,30,33,38,49H,3-7,9,12,17-20,24,26-27H2,1-2H3,(H,50,59)(H,51,56)(H,53,57,58)/t28-,30?,33?,38?/m1/s1. The number of amides is 4. The summed E-state index contributed by atoms with van der Waals surface area (Å²) in [6.45, 7) is 2.69. The van der Waals surface area contributed by atoms with E-state index in [2.05, 4.69) is 69.8 Å². The first-order valence-electron chi connectivity index (χ1n) is 22.0. The van der Waals surface area contributed by atoms with Crippen LogP contribution in [0, 0.1) is 0 Å². The first kappa shape index (κ1) is 40.6. The number of aromatic nitrogens is 3. The molecule has 3 aliphatic rings. The molecule has 0 bridgehead atoms. The van der Waals surface area contributed by atoms with Gasteiger partial charge in [-0.3, -0.25) is 33.6 Å². The zero-order chi connectivity index (χ0) is 42.2. The number of rotatable bonds is 12. The van der Waals surface area contributed by atoms with Crippen molar-refractivity contribution >= 4 is 72.7 Å². The molecular weight excluding hydrogens is 787 g/mol. The number of para-hydroxylation sites is 1. The van der Waals surface area contributed by atoms with Crippen LogP contribution in [-0.4, -0.2) is 56.4 Å². The van der Waals surface area contributed by atoms with Gasteiger partial charge in [-0.05, 0) is 106 Å². The molecule has 6 aromatic rings. The van der Waals surface area contributed by atoms with E-state index in [0.717, 1.165) is 124 Å². The number of hydrogen-bond donors (Lipinski definition) is 4. The van der Waals surface area contributed by atoms with E-state index in [9.17, 15) is 24.0 Å². The second kappa shape index (κ2) is 17.3. The van der Waals surface area contributed by atoms with E-state index in [1.807, 2.05) is 25.1 Å². The Bertz CT molecular complexity index is 2720. The van der Waals surface area contributed by atoms with Crippen LogP contribution in [0.5, 0.6) is 0 Å². The number of carbonyl (C=O) groups is 4. The minimum atomic E-state index is -0.686. The predicted octanol–water partition coefficient (Wildman–Crippen LogP) is 8.02. The van der Waals surface area contributed by atoms with Gasteiger partial charge < -0.3 is 16.0 Å². The molecular formula is C48H53N7O5S. The minimum absolute atomic E-state index is 0.0241. The monoisotopic (exact) mass is 839 g/mol. The number of thiophene rings is 1. The van der Waals surface area contributed by atoms with Crippen LogP contribution in [0.1, 0.15) is 117 Å². The zero-order valence-electron chi connectivity index (χ0n) is 34.9. The molecule has 61 heavy (non-hydrogen) atoms. The number of imidazole rings is 1. The van der Waals surface area contributed by atoms with E-state index < -0.39 is 11.9 Å². The summed E-state index contributed by atoms with van der Waals surface area (Å²) in [6, 6.07) is 22.6. The SMILES string of the molecule is C[C@@H]1CNc2c(sc3ccc4nc(-c5ccc(C6CCC(NC(=O)CCCCCCCc7cccc8c7n(C)c(=O)n8C7CCC(=O)NC7=O)CC6)cc5)ccc4c23)C(=O)N1. The van der Waals surface area contributed by atoms with Gasteiger partial charge in [0.25, 0.3) is 5.91 Å². The van der Waals surface area contributed by atoms with Crippen molar-refractivity contribution in [3.8, 4) is 11.3 Å². The maximum absolute atomic E-state index is 13.2. The molecule has 1 unspecified atom stereocenters. The Morgan fingerprint density at radius 3 is 2.48 bits per heavy atom. The summed E-state index contributed by atoms with van der Waals surface area (Å²) in [4.78, 5) is 69.0. The molecule has 2 fully saturated rings. The number of unbranched alkanes of at least 4 members (excludes halogenated alkanes) is 4. The number of carbonyl (C=O) groups excluding carboxylic acids is 4. The number of fused-ring (bicyclic) bond motifs is 6. The Hall–Kier alpha value is -5.82. The predicted molar refractivity (Wildman–Crippen MR) is 241 cm³/mol. The maximum Gasteiger partial charge on any atom is 0.329 e. The molecule has 4 amide bonds. The Kier molecular flexibility index (Phi) is 11.5. The second-order valence-electron chi connectivity index (χ2n) is 17.2. The van der Waals surface area contributed by atoms with Crippen molar-refractivity contribution < 1.29 is 19.2 Å². The lowest BCUT2D eigenvalue weighted by atomic mass is 9.81.